The monoisotopic (exact) mass is 170 g/mol. The third-order valence-corrected chi connectivity index (χ3v) is 2.97. The van der Waals surface area contributed by atoms with Crippen molar-refractivity contribution >= 4 is 0 Å². The second-order valence-corrected chi connectivity index (χ2v) is 4.02. The highest BCUT2D eigenvalue weighted by atomic mass is 15.7. The molecule has 0 spiro atoms. The minimum Gasteiger partial charge on any atom is -0.242 e. The second kappa shape index (κ2) is 4.24. The van der Waals surface area contributed by atoms with Crippen molar-refractivity contribution in [1.82, 2.24) is 10.0 Å². The molecule has 1 aliphatic heterocycles. The molecular weight excluding hydrogens is 148 g/mol. The van der Waals surface area contributed by atoms with Gasteiger partial charge in [0.25, 0.3) is 0 Å². The van der Waals surface area contributed by atoms with E-state index in [0.29, 0.717) is 0 Å². The van der Waals surface area contributed by atoms with E-state index >= 15 is 0 Å². The molecule has 0 aromatic heterocycles. The van der Waals surface area contributed by atoms with Gasteiger partial charge in [-0.3, -0.25) is 0 Å². The van der Waals surface area contributed by atoms with E-state index in [1.54, 1.807) is 0 Å². The van der Waals surface area contributed by atoms with E-state index < -0.39 is 0 Å². The number of hydrazine groups is 1. The van der Waals surface area contributed by atoms with Crippen LogP contribution in [0.2, 0.25) is 0 Å². The summed E-state index contributed by atoms with van der Waals surface area (Å²) in [5.74, 6) is 0. The summed E-state index contributed by atoms with van der Waals surface area (Å²) < 4.78 is 0. The van der Waals surface area contributed by atoms with Crippen LogP contribution in [0.4, 0.5) is 0 Å². The van der Waals surface area contributed by atoms with Crippen LogP contribution in [-0.2, 0) is 0 Å². The van der Waals surface area contributed by atoms with Crippen LogP contribution in [0.25, 0.3) is 0 Å². The number of rotatable bonds is 3. The van der Waals surface area contributed by atoms with Gasteiger partial charge in [-0.25, -0.2) is 10.0 Å². The van der Waals surface area contributed by atoms with Gasteiger partial charge in [-0.05, 0) is 26.7 Å². The topological polar surface area (TPSA) is 6.48 Å². The van der Waals surface area contributed by atoms with Gasteiger partial charge in [0.15, 0.2) is 0 Å². The van der Waals surface area contributed by atoms with E-state index in [0.717, 1.165) is 12.1 Å². The summed E-state index contributed by atoms with van der Waals surface area (Å²) in [6.45, 7) is 8.13. The van der Waals surface area contributed by atoms with Gasteiger partial charge < -0.3 is 0 Å². The van der Waals surface area contributed by atoms with Crippen LogP contribution in [0.3, 0.4) is 0 Å². The number of nitrogens with zero attached hydrogens (tertiary/aromatic N) is 2. The van der Waals surface area contributed by atoms with Crippen molar-refractivity contribution in [1.29, 1.82) is 0 Å². The normalized spacial score (nSPS) is 33.0. The number of unbranched alkanes of at least 4 members (excludes halogenated alkanes) is 1. The van der Waals surface area contributed by atoms with Crippen LogP contribution in [0.15, 0.2) is 0 Å². The summed E-state index contributed by atoms with van der Waals surface area (Å²) in [5.41, 5.74) is 0. The molecule has 0 aromatic rings. The zero-order valence-corrected chi connectivity index (χ0v) is 8.88. The lowest BCUT2D eigenvalue weighted by Gasteiger charge is -2.29. The van der Waals surface area contributed by atoms with E-state index in [2.05, 4.69) is 37.8 Å². The van der Waals surface area contributed by atoms with Gasteiger partial charge in [0.05, 0.1) is 0 Å². The highest BCUT2D eigenvalue weighted by Crippen LogP contribution is 2.22. The van der Waals surface area contributed by atoms with Crippen molar-refractivity contribution in [3.8, 4) is 0 Å². The van der Waals surface area contributed by atoms with Crippen molar-refractivity contribution in [2.24, 2.45) is 0 Å². The molecule has 0 radical (unpaired) electrons. The minimum absolute atomic E-state index is 0.733. The van der Waals surface area contributed by atoms with E-state index in [9.17, 15) is 0 Å². The molecule has 12 heavy (non-hydrogen) atoms. The predicted molar refractivity (Wildman–Crippen MR) is 52.9 cm³/mol. The molecule has 1 aliphatic rings. The summed E-state index contributed by atoms with van der Waals surface area (Å²) in [5, 5.41) is 4.91. The van der Waals surface area contributed by atoms with Crippen LogP contribution in [0.5, 0.6) is 0 Å². The predicted octanol–water partition coefficient (Wildman–Crippen LogP) is 2.12. The minimum atomic E-state index is 0.733. The maximum absolute atomic E-state index is 2.51. The van der Waals surface area contributed by atoms with Crippen molar-refractivity contribution < 1.29 is 0 Å². The maximum atomic E-state index is 2.51. The van der Waals surface area contributed by atoms with E-state index in [4.69, 9.17) is 0 Å². The lowest BCUT2D eigenvalue weighted by Crippen LogP contribution is -2.40. The average molecular weight is 170 g/mol. The van der Waals surface area contributed by atoms with Crippen molar-refractivity contribution in [3.05, 3.63) is 0 Å². The summed E-state index contributed by atoms with van der Waals surface area (Å²) >= 11 is 0. The van der Waals surface area contributed by atoms with Crippen molar-refractivity contribution in [2.45, 2.75) is 52.1 Å². The van der Waals surface area contributed by atoms with Gasteiger partial charge in [0.1, 0.15) is 0 Å². The van der Waals surface area contributed by atoms with E-state index in [-0.39, 0.29) is 0 Å². The first-order valence-electron chi connectivity index (χ1n) is 5.16. The van der Waals surface area contributed by atoms with Gasteiger partial charge in [-0.15, -0.1) is 0 Å². The molecule has 1 heterocycles. The number of hydrogen-bond donors (Lipinski definition) is 0. The summed E-state index contributed by atoms with van der Waals surface area (Å²) in [7, 11) is 2.21. The Balaban J connectivity index is 2.40. The first kappa shape index (κ1) is 10.0. The van der Waals surface area contributed by atoms with Gasteiger partial charge in [-0.2, -0.15) is 0 Å². The fourth-order valence-corrected chi connectivity index (χ4v) is 2.03. The lowest BCUT2D eigenvalue weighted by atomic mass is 10.2. The Hall–Kier alpha value is -0.0800. The standard InChI is InChI=1S/C10H22N2/c1-5-6-7-12-10(3)8-9(2)11(12)4/h9-10H,5-8H2,1-4H3. The SMILES string of the molecule is CCCCN1C(C)CC(C)N1C. The van der Waals surface area contributed by atoms with Gasteiger partial charge >= 0.3 is 0 Å². The Morgan fingerprint density at radius 1 is 1.25 bits per heavy atom. The average Bonchev–Trinajstić information content (AvgIpc) is 2.25. The number of hydrogen-bond acceptors (Lipinski definition) is 2. The highest BCUT2D eigenvalue weighted by Gasteiger charge is 2.30. The molecule has 0 aliphatic carbocycles. The van der Waals surface area contributed by atoms with Crippen LogP contribution in [0.1, 0.15) is 40.0 Å². The third-order valence-electron chi connectivity index (χ3n) is 2.97. The summed E-state index contributed by atoms with van der Waals surface area (Å²) in [4.78, 5) is 0. The Bertz CT molecular complexity index is 136. The first-order valence-corrected chi connectivity index (χ1v) is 5.16. The lowest BCUT2D eigenvalue weighted by molar-refractivity contribution is 0.00557. The molecule has 72 valence electrons. The molecule has 0 saturated carbocycles. The maximum Gasteiger partial charge on any atom is 0.0232 e. The molecule has 0 bridgehead atoms. The molecule has 1 rings (SSSR count). The van der Waals surface area contributed by atoms with Gasteiger partial charge in [0.2, 0.25) is 0 Å². The molecule has 2 heteroatoms. The smallest absolute Gasteiger partial charge is 0.0232 e. The highest BCUT2D eigenvalue weighted by molar-refractivity contribution is 4.79. The second-order valence-electron chi connectivity index (χ2n) is 4.02. The van der Waals surface area contributed by atoms with E-state index in [1.165, 1.54) is 25.8 Å². The molecule has 1 fully saturated rings. The molecule has 2 atom stereocenters. The zero-order chi connectivity index (χ0) is 9.14. The molecule has 0 aromatic carbocycles. The quantitative estimate of drug-likeness (QED) is 0.640. The fourth-order valence-electron chi connectivity index (χ4n) is 2.03. The molecule has 2 nitrogen and oxygen atoms in total. The van der Waals surface area contributed by atoms with Crippen molar-refractivity contribution in [3.63, 3.8) is 0 Å². The van der Waals surface area contributed by atoms with Crippen molar-refractivity contribution in [2.75, 3.05) is 13.6 Å². The third kappa shape index (κ3) is 1.99. The largest absolute Gasteiger partial charge is 0.242 e. The molecule has 0 N–H and O–H groups in total. The van der Waals surface area contributed by atoms with E-state index in [1.807, 2.05) is 0 Å². The molecule has 1 saturated heterocycles. The summed E-state index contributed by atoms with van der Waals surface area (Å²) in [6, 6.07) is 1.48. The van der Waals surface area contributed by atoms with Crippen LogP contribution < -0.4 is 0 Å². The van der Waals surface area contributed by atoms with Crippen LogP contribution >= 0.6 is 0 Å². The molecule has 2 unspecified atom stereocenters. The first-order chi connectivity index (χ1) is 5.66. The Morgan fingerprint density at radius 2 is 1.92 bits per heavy atom. The Morgan fingerprint density at radius 3 is 2.33 bits per heavy atom. The Labute approximate surface area is 76.5 Å². The molecular formula is C10H22N2. The van der Waals surface area contributed by atoms with Crippen LogP contribution in [-0.4, -0.2) is 35.7 Å². The fraction of sp³-hybridized carbons (Fsp3) is 1.00. The zero-order valence-electron chi connectivity index (χ0n) is 8.88. The summed E-state index contributed by atoms with van der Waals surface area (Å²) in [6.07, 6.45) is 3.94. The van der Waals surface area contributed by atoms with Gasteiger partial charge in [0, 0.05) is 25.7 Å². The van der Waals surface area contributed by atoms with Gasteiger partial charge in [-0.1, -0.05) is 13.3 Å². The molecule has 0 amide bonds. The van der Waals surface area contributed by atoms with Crippen LogP contribution in [0, 0.1) is 0 Å². The Kier molecular flexibility index (Phi) is 3.53.